The van der Waals surface area contributed by atoms with E-state index in [0.29, 0.717) is 0 Å². The van der Waals surface area contributed by atoms with Crippen molar-refractivity contribution in [1.29, 1.82) is 0 Å². The zero-order valence-electron chi connectivity index (χ0n) is 8.28. The maximum atomic E-state index is 6.27. The van der Waals surface area contributed by atoms with E-state index in [1.807, 2.05) is 48.5 Å². The highest BCUT2D eigenvalue weighted by Gasteiger charge is 2.04. The Hall–Kier alpha value is -1.53. The van der Waals surface area contributed by atoms with Gasteiger partial charge in [-0.05, 0) is 11.1 Å². The maximum absolute atomic E-state index is 6.27. The fourth-order valence-corrected chi connectivity index (χ4v) is 1.86. The zero-order valence-corrected chi connectivity index (χ0v) is 9.04. The Bertz CT molecular complexity index is 472. The van der Waals surface area contributed by atoms with Gasteiger partial charge < -0.3 is 0 Å². The molecule has 0 nitrogen and oxygen atoms in total. The van der Waals surface area contributed by atoms with E-state index in [9.17, 15) is 0 Å². The zero-order chi connectivity index (χ0) is 10.7. The number of halogens is 1. The van der Waals surface area contributed by atoms with Gasteiger partial charge in [0.05, 0.1) is 5.02 Å². The first-order valence-electron chi connectivity index (χ1n) is 4.79. The minimum Gasteiger partial charge on any atom is -0.0984 e. The smallest absolute Gasteiger partial charge is 0.0556 e. The lowest BCUT2D eigenvalue weighted by molar-refractivity contribution is 1.60. The van der Waals surface area contributed by atoms with Crippen molar-refractivity contribution in [3.63, 3.8) is 0 Å². The van der Waals surface area contributed by atoms with Crippen LogP contribution in [0.25, 0.3) is 17.2 Å². The predicted octanol–water partition coefficient (Wildman–Crippen LogP) is 4.65. The van der Waals surface area contributed by atoms with Crippen molar-refractivity contribution in [2.24, 2.45) is 0 Å². The Kier molecular flexibility index (Phi) is 2.89. The van der Waals surface area contributed by atoms with Crippen molar-refractivity contribution in [2.45, 2.75) is 0 Å². The highest BCUT2D eigenvalue weighted by atomic mass is 35.5. The molecule has 0 N–H and O–H groups in total. The standard InChI is InChI=1S/C14H11Cl/c1-2-11-9-6-10-13(14(11)15)12-7-4-3-5-8-12/h2-10H,1H2. The van der Waals surface area contributed by atoms with Crippen LogP contribution in [-0.2, 0) is 0 Å². The van der Waals surface area contributed by atoms with Crippen molar-refractivity contribution in [3.8, 4) is 11.1 Å². The highest BCUT2D eigenvalue weighted by Crippen LogP contribution is 2.30. The molecule has 0 unspecified atom stereocenters. The summed E-state index contributed by atoms with van der Waals surface area (Å²) in [6.07, 6.45) is 1.77. The van der Waals surface area contributed by atoms with Crippen LogP contribution in [0.4, 0.5) is 0 Å². The fourth-order valence-electron chi connectivity index (χ4n) is 1.55. The van der Waals surface area contributed by atoms with Crippen LogP contribution in [0.1, 0.15) is 5.56 Å². The molecule has 0 amide bonds. The van der Waals surface area contributed by atoms with E-state index in [-0.39, 0.29) is 0 Å². The molecule has 2 rings (SSSR count). The SMILES string of the molecule is C=Cc1cccc(-c2ccccc2)c1Cl. The Morgan fingerprint density at radius 2 is 1.67 bits per heavy atom. The molecule has 2 aromatic rings. The molecule has 0 saturated carbocycles. The van der Waals surface area contributed by atoms with Gasteiger partial charge in [-0.3, -0.25) is 0 Å². The summed E-state index contributed by atoms with van der Waals surface area (Å²) in [6, 6.07) is 16.1. The fraction of sp³-hybridized carbons (Fsp3) is 0. The molecule has 0 aliphatic rings. The summed E-state index contributed by atoms with van der Waals surface area (Å²) >= 11 is 6.27. The molecule has 1 heteroatoms. The lowest BCUT2D eigenvalue weighted by atomic mass is 10.0. The molecular formula is C14H11Cl. The van der Waals surface area contributed by atoms with Gasteiger partial charge in [0.1, 0.15) is 0 Å². The van der Waals surface area contributed by atoms with Gasteiger partial charge in [0.2, 0.25) is 0 Å². The van der Waals surface area contributed by atoms with Crippen molar-refractivity contribution in [2.75, 3.05) is 0 Å². The molecule has 0 heterocycles. The van der Waals surface area contributed by atoms with Gasteiger partial charge in [-0.25, -0.2) is 0 Å². The monoisotopic (exact) mass is 214 g/mol. The van der Waals surface area contributed by atoms with E-state index in [1.165, 1.54) is 0 Å². The summed E-state index contributed by atoms with van der Waals surface area (Å²) in [4.78, 5) is 0. The van der Waals surface area contributed by atoms with Crippen LogP contribution in [0.15, 0.2) is 55.1 Å². The average Bonchev–Trinajstić information content (AvgIpc) is 2.30. The summed E-state index contributed by atoms with van der Waals surface area (Å²) in [5.41, 5.74) is 3.15. The molecule has 0 bridgehead atoms. The topological polar surface area (TPSA) is 0 Å². The third kappa shape index (κ3) is 1.95. The Morgan fingerprint density at radius 1 is 0.933 bits per heavy atom. The summed E-state index contributed by atoms with van der Waals surface area (Å²) in [7, 11) is 0. The first-order valence-corrected chi connectivity index (χ1v) is 5.17. The first-order chi connectivity index (χ1) is 7.33. The van der Waals surface area contributed by atoms with Crippen molar-refractivity contribution >= 4 is 17.7 Å². The van der Waals surface area contributed by atoms with Gasteiger partial charge in [0, 0.05) is 5.56 Å². The number of rotatable bonds is 2. The quantitative estimate of drug-likeness (QED) is 0.683. The van der Waals surface area contributed by atoms with E-state index >= 15 is 0 Å². The Labute approximate surface area is 94.8 Å². The van der Waals surface area contributed by atoms with Gasteiger partial charge in [0.15, 0.2) is 0 Å². The minimum absolute atomic E-state index is 0.763. The Balaban J connectivity index is 2.59. The second-order valence-electron chi connectivity index (χ2n) is 3.28. The van der Waals surface area contributed by atoms with Crippen molar-refractivity contribution in [1.82, 2.24) is 0 Å². The van der Waals surface area contributed by atoms with Crippen LogP contribution in [0.2, 0.25) is 5.02 Å². The number of hydrogen-bond acceptors (Lipinski definition) is 0. The van der Waals surface area contributed by atoms with E-state index in [0.717, 1.165) is 21.7 Å². The van der Waals surface area contributed by atoms with Gasteiger partial charge >= 0.3 is 0 Å². The van der Waals surface area contributed by atoms with Gasteiger partial charge in [-0.1, -0.05) is 72.8 Å². The molecule has 0 aromatic heterocycles. The maximum Gasteiger partial charge on any atom is 0.0556 e. The molecule has 0 aliphatic carbocycles. The summed E-state index contributed by atoms with van der Waals surface area (Å²) in [5.74, 6) is 0. The lowest BCUT2D eigenvalue weighted by Gasteiger charge is -2.06. The van der Waals surface area contributed by atoms with Gasteiger partial charge in [0.25, 0.3) is 0 Å². The molecule has 0 spiro atoms. The largest absolute Gasteiger partial charge is 0.0984 e. The van der Waals surface area contributed by atoms with Crippen molar-refractivity contribution < 1.29 is 0 Å². The number of benzene rings is 2. The molecular weight excluding hydrogens is 204 g/mol. The third-order valence-corrected chi connectivity index (χ3v) is 2.76. The lowest BCUT2D eigenvalue weighted by Crippen LogP contribution is -1.82. The summed E-state index contributed by atoms with van der Waals surface area (Å²) in [6.45, 7) is 3.74. The van der Waals surface area contributed by atoms with Gasteiger partial charge in [-0.2, -0.15) is 0 Å². The Morgan fingerprint density at radius 3 is 2.33 bits per heavy atom. The van der Waals surface area contributed by atoms with E-state index in [1.54, 1.807) is 6.08 Å². The van der Waals surface area contributed by atoms with Crippen LogP contribution in [0.5, 0.6) is 0 Å². The molecule has 0 atom stereocenters. The van der Waals surface area contributed by atoms with E-state index in [4.69, 9.17) is 11.6 Å². The highest BCUT2D eigenvalue weighted by molar-refractivity contribution is 6.34. The molecule has 0 aliphatic heterocycles. The molecule has 0 saturated heterocycles. The minimum atomic E-state index is 0.763. The molecule has 2 aromatic carbocycles. The normalized spacial score (nSPS) is 9.93. The van der Waals surface area contributed by atoms with Crippen LogP contribution in [0.3, 0.4) is 0 Å². The molecule has 74 valence electrons. The number of hydrogen-bond donors (Lipinski definition) is 0. The third-order valence-electron chi connectivity index (χ3n) is 2.33. The van der Waals surface area contributed by atoms with Crippen molar-refractivity contribution in [3.05, 3.63) is 65.7 Å². The first kappa shape index (κ1) is 10.0. The van der Waals surface area contributed by atoms with Crippen LogP contribution in [0, 0.1) is 0 Å². The van der Waals surface area contributed by atoms with Crippen LogP contribution < -0.4 is 0 Å². The predicted molar refractivity (Wildman–Crippen MR) is 67.0 cm³/mol. The second-order valence-corrected chi connectivity index (χ2v) is 3.66. The molecule has 0 fully saturated rings. The molecule has 15 heavy (non-hydrogen) atoms. The van der Waals surface area contributed by atoms with E-state index in [2.05, 4.69) is 6.58 Å². The van der Waals surface area contributed by atoms with Crippen LogP contribution in [-0.4, -0.2) is 0 Å². The summed E-state index contributed by atoms with van der Waals surface area (Å²) in [5, 5.41) is 0.763. The van der Waals surface area contributed by atoms with Crippen LogP contribution >= 0.6 is 11.6 Å². The van der Waals surface area contributed by atoms with Gasteiger partial charge in [-0.15, -0.1) is 0 Å². The second kappa shape index (κ2) is 4.33. The van der Waals surface area contributed by atoms with E-state index < -0.39 is 0 Å². The summed E-state index contributed by atoms with van der Waals surface area (Å²) < 4.78 is 0. The molecule has 0 radical (unpaired) electrons. The average molecular weight is 215 g/mol.